The van der Waals surface area contributed by atoms with Gasteiger partial charge in [0.25, 0.3) is 0 Å². The van der Waals surface area contributed by atoms with Gasteiger partial charge in [-0.05, 0) is 38.4 Å². The molecule has 0 aliphatic carbocycles. The van der Waals surface area contributed by atoms with Crippen molar-refractivity contribution < 1.29 is 14.3 Å². The minimum atomic E-state index is 0.104. The molecule has 1 unspecified atom stereocenters. The van der Waals surface area contributed by atoms with Crippen LogP contribution < -0.4 is 5.32 Å². The van der Waals surface area contributed by atoms with E-state index in [0.29, 0.717) is 19.3 Å². The summed E-state index contributed by atoms with van der Waals surface area (Å²) in [6, 6.07) is 4.42. The van der Waals surface area contributed by atoms with Crippen molar-refractivity contribution in [1.29, 1.82) is 0 Å². The summed E-state index contributed by atoms with van der Waals surface area (Å²) in [5, 5.41) is 12.0. The topological polar surface area (TPSA) is 54.6 Å². The Morgan fingerprint density at radius 1 is 1.47 bits per heavy atom. The highest BCUT2D eigenvalue weighted by molar-refractivity contribution is 4.98. The van der Waals surface area contributed by atoms with E-state index in [9.17, 15) is 0 Å². The van der Waals surface area contributed by atoms with Gasteiger partial charge in [-0.3, -0.25) is 0 Å². The van der Waals surface area contributed by atoms with E-state index in [1.54, 1.807) is 6.26 Å². The molecule has 2 N–H and O–H groups in total. The lowest BCUT2D eigenvalue weighted by Crippen LogP contribution is -2.28. The van der Waals surface area contributed by atoms with Gasteiger partial charge in [-0.25, -0.2) is 0 Å². The summed E-state index contributed by atoms with van der Waals surface area (Å²) in [5.74, 6) is 1.05. The Morgan fingerprint density at radius 2 is 2.35 bits per heavy atom. The van der Waals surface area contributed by atoms with Crippen LogP contribution in [0.15, 0.2) is 22.8 Å². The Balaban J connectivity index is 1.92. The lowest BCUT2D eigenvalue weighted by atomic mass is 10.1. The van der Waals surface area contributed by atoms with Crippen molar-refractivity contribution >= 4 is 0 Å². The summed E-state index contributed by atoms with van der Waals surface area (Å²) >= 11 is 0. The first-order valence-electron chi connectivity index (χ1n) is 6.27. The summed E-state index contributed by atoms with van der Waals surface area (Å²) in [4.78, 5) is 0. The predicted molar refractivity (Wildman–Crippen MR) is 67.0 cm³/mol. The third kappa shape index (κ3) is 7.15. The fourth-order valence-corrected chi connectivity index (χ4v) is 1.60. The largest absolute Gasteiger partial charge is 0.469 e. The van der Waals surface area contributed by atoms with Gasteiger partial charge in [-0.2, -0.15) is 0 Å². The highest BCUT2D eigenvalue weighted by Gasteiger charge is 2.03. The smallest absolute Gasteiger partial charge is 0.103 e. The van der Waals surface area contributed by atoms with E-state index in [2.05, 4.69) is 12.2 Å². The first kappa shape index (κ1) is 14.2. The molecule has 0 aromatic carbocycles. The second-order valence-corrected chi connectivity index (χ2v) is 4.16. The van der Waals surface area contributed by atoms with Crippen LogP contribution in [0.1, 0.15) is 25.5 Å². The van der Waals surface area contributed by atoms with Crippen LogP contribution >= 0.6 is 0 Å². The fraction of sp³-hybridized carbons (Fsp3) is 0.692. The maximum absolute atomic E-state index is 8.52. The monoisotopic (exact) mass is 241 g/mol. The van der Waals surface area contributed by atoms with Gasteiger partial charge in [0.2, 0.25) is 0 Å². The summed E-state index contributed by atoms with van der Waals surface area (Å²) in [6.07, 6.45) is 4.74. The molecule has 1 aromatic heterocycles. The van der Waals surface area contributed by atoms with Crippen LogP contribution in [-0.2, 0) is 11.2 Å². The molecule has 1 rings (SSSR count). The average Bonchev–Trinajstić information content (AvgIpc) is 2.84. The van der Waals surface area contributed by atoms with Gasteiger partial charge < -0.3 is 19.6 Å². The summed E-state index contributed by atoms with van der Waals surface area (Å²) < 4.78 is 10.5. The molecule has 1 atom stereocenters. The molecule has 1 aromatic rings. The first-order valence-corrected chi connectivity index (χ1v) is 6.27. The molecular formula is C13H23NO3. The van der Waals surface area contributed by atoms with Crippen molar-refractivity contribution in [2.24, 2.45) is 0 Å². The first-order chi connectivity index (χ1) is 8.33. The van der Waals surface area contributed by atoms with Crippen molar-refractivity contribution in [3.8, 4) is 0 Å². The summed E-state index contributed by atoms with van der Waals surface area (Å²) in [6.45, 7) is 4.38. The molecule has 0 radical (unpaired) electrons. The van der Waals surface area contributed by atoms with Crippen LogP contribution in [0.25, 0.3) is 0 Å². The minimum absolute atomic E-state index is 0.104. The van der Waals surface area contributed by atoms with Gasteiger partial charge >= 0.3 is 0 Å². The third-order valence-electron chi connectivity index (χ3n) is 2.60. The number of aliphatic hydroxyl groups is 1. The van der Waals surface area contributed by atoms with Crippen LogP contribution in [0, 0.1) is 0 Å². The molecule has 0 spiro atoms. The van der Waals surface area contributed by atoms with E-state index < -0.39 is 0 Å². The SMILES string of the molecule is CC(CCc1ccco1)NCCCOCCO. The Bertz CT molecular complexity index is 262. The lowest BCUT2D eigenvalue weighted by Gasteiger charge is -2.12. The molecule has 4 heteroatoms. The standard InChI is InChI=1S/C13H23NO3/c1-12(5-6-13-4-2-10-17-13)14-7-3-9-16-11-8-15/h2,4,10,12,14-15H,3,5-9,11H2,1H3. The normalized spacial score (nSPS) is 12.8. The number of aryl methyl sites for hydroxylation is 1. The molecule has 0 fully saturated rings. The number of rotatable bonds is 10. The highest BCUT2D eigenvalue weighted by atomic mass is 16.5. The number of ether oxygens (including phenoxy) is 1. The number of nitrogens with one attached hydrogen (secondary N) is 1. The van der Waals surface area contributed by atoms with Gasteiger partial charge in [0, 0.05) is 19.1 Å². The molecular weight excluding hydrogens is 218 g/mol. The van der Waals surface area contributed by atoms with Gasteiger partial charge in [0.15, 0.2) is 0 Å². The molecule has 0 aliphatic rings. The van der Waals surface area contributed by atoms with Crippen LogP contribution in [0.4, 0.5) is 0 Å². The second-order valence-electron chi connectivity index (χ2n) is 4.16. The number of aliphatic hydroxyl groups excluding tert-OH is 1. The second kappa shape index (κ2) is 9.22. The third-order valence-corrected chi connectivity index (χ3v) is 2.60. The minimum Gasteiger partial charge on any atom is -0.469 e. The molecule has 0 saturated carbocycles. The molecule has 0 saturated heterocycles. The Labute approximate surface area is 103 Å². The van der Waals surface area contributed by atoms with Crippen molar-refractivity contribution in [3.63, 3.8) is 0 Å². The zero-order valence-electron chi connectivity index (χ0n) is 10.5. The van der Waals surface area contributed by atoms with E-state index in [4.69, 9.17) is 14.3 Å². The number of hydrogen-bond acceptors (Lipinski definition) is 4. The highest BCUT2D eigenvalue weighted by Crippen LogP contribution is 2.05. The van der Waals surface area contributed by atoms with Crippen molar-refractivity contribution in [3.05, 3.63) is 24.2 Å². The average molecular weight is 241 g/mol. The van der Waals surface area contributed by atoms with Gasteiger partial charge in [-0.1, -0.05) is 0 Å². The quantitative estimate of drug-likeness (QED) is 0.611. The van der Waals surface area contributed by atoms with Crippen molar-refractivity contribution in [2.45, 2.75) is 32.2 Å². The predicted octanol–water partition coefficient (Wildman–Crippen LogP) is 1.59. The Kier molecular flexibility index (Phi) is 7.71. The van der Waals surface area contributed by atoms with Gasteiger partial charge in [0.05, 0.1) is 19.5 Å². The summed E-state index contributed by atoms with van der Waals surface area (Å²) in [7, 11) is 0. The lowest BCUT2D eigenvalue weighted by molar-refractivity contribution is 0.0904. The molecule has 0 aliphatic heterocycles. The van der Waals surface area contributed by atoms with E-state index in [1.165, 1.54) is 0 Å². The zero-order chi connectivity index (χ0) is 12.3. The molecule has 4 nitrogen and oxygen atoms in total. The van der Waals surface area contributed by atoms with E-state index in [1.807, 2.05) is 12.1 Å². The van der Waals surface area contributed by atoms with Crippen molar-refractivity contribution in [1.82, 2.24) is 5.32 Å². The van der Waals surface area contributed by atoms with Crippen LogP contribution in [0.3, 0.4) is 0 Å². The van der Waals surface area contributed by atoms with E-state index >= 15 is 0 Å². The van der Waals surface area contributed by atoms with Crippen LogP contribution in [-0.4, -0.2) is 37.5 Å². The van der Waals surface area contributed by atoms with E-state index in [-0.39, 0.29) is 6.61 Å². The molecule has 1 heterocycles. The molecule has 0 bridgehead atoms. The van der Waals surface area contributed by atoms with E-state index in [0.717, 1.165) is 31.6 Å². The molecule has 0 amide bonds. The zero-order valence-corrected chi connectivity index (χ0v) is 10.5. The van der Waals surface area contributed by atoms with Crippen molar-refractivity contribution in [2.75, 3.05) is 26.4 Å². The maximum atomic E-state index is 8.52. The van der Waals surface area contributed by atoms with Crippen LogP contribution in [0.5, 0.6) is 0 Å². The van der Waals surface area contributed by atoms with Crippen LogP contribution in [0.2, 0.25) is 0 Å². The van der Waals surface area contributed by atoms with Gasteiger partial charge in [0.1, 0.15) is 5.76 Å². The number of hydrogen-bond donors (Lipinski definition) is 2. The summed E-state index contributed by atoms with van der Waals surface area (Å²) in [5.41, 5.74) is 0. The Hall–Kier alpha value is -0.840. The maximum Gasteiger partial charge on any atom is 0.103 e. The molecule has 98 valence electrons. The number of furan rings is 1. The molecule has 17 heavy (non-hydrogen) atoms. The fourth-order valence-electron chi connectivity index (χ4n) is 1.60. The van der Waals surface area contributed by atoms with Gasteiger partial charge in [-0.15, -0.1) is 0 Å². The Morgan fingerprint density at radius 3 is 3.06 bits per heavy atom.